The van der Waals surface area contributed by atoms with Gasteiger partial charge in [-0.3, -0.25) is 4.99 Å². The summed E-state index contributed by atoms with van der Waals surface area (Å²) in [5.41, 5.74) is 7.13. The van der Waals surface area contributed by atoms with Crippen LogP contribution in [0, 0.1) is 0 Å². The summed E-state index contributed by atoms with van der Waals surface area (Å²) in [7, 11) is 0. The van der Waals surface area contributed by atoms with E-state index in [1.54, 1.807) is 0 Å². The minimum atomic E-state index is 0.463. The van der Waals surface area contributed by atoms with Crippen LogP contribution in [0.25, 0.3) is 11.1 Å². The van der Waals surface area contributed by atoms with Crippen molar-refractivity contribution in [3.63, 3.8) is 0 Å². The van der Waals surface area contributed by atoms with Gasteiger partial charge in [-0.1, -0.05) is 42.5 Å². The molecule has 29 heavy (non-hydrogen) atoms. The molecule has 5 rings (SSSR count). The normalized spacial score (nSPS) is 16.6. The SMILES string of the molecule is C1=Nc2c(cccc2-c2ccc(COc3[nH]ncc3C3CCOCC3)cc2)CC1. The van der Waals surface area contributed by atoms with E-state index in [-0.39, 0.29) is 0 Å². The van der Waals surface area contributed by atoms with Crippen LogP contribution >= 0.6 is 0 Å². The molecule has 1 fully saturated rings. The number of hydrogen-bond acceptors (Lipinski definition) is 4. The molecule has 0 atom stereocenters. The molecule has 0 bridgehead atoms. The Kier molecular flexibility index (Phi) is 5.13. The summed E-state index contributed by atoms with van der Waals surface area (Å²) in [6.07, 6.45) is 8.05. The third kappa shape index (κ3) is 3.83. The third-order valence-corrected chi connectivity index (χ3v) is 5.82. The quantitative estimate of drug-likeness (QED) is 0.655. The number of nitrogens with one attached hydrogen (secondary N) is 1. The minimum Gasteiger partial charge on any atom is -0.473 e. The van der Waals surface area contributed by atoms with Gasteiger partial charge in [0, 0.05) is 30.6 Å². The molecule has 1 saturated heterocycles. The second-order valence-corrected chi connectivity index (χ2v) is 7.69. The molecule has 2 aliphatic rings. The molecule has 5 nitrogen and oxygen atoms in total. The highest BCUT2D eigenvalue weighted by Crippen LogP contribution is 2.36. The summed E-state index contributed by atoms with van der Waals surface area (Å²) in [6, 6.07) is 15.0. The molecule has 5 heteroatoms. The highest BCUT2D eigenvalue weighted by atomic mass is 16.5. The predicted octanol–water partition coefficient (Wildman–Crippen LogP) is 5.20. The first-order chi connectivity index (χ1) is 14.4. The molecular weight excluding hydrogens is 362 g/mol. The summed E-state index contributed by atoms with van der Waals surface area (Å²) in [6.45, 7) is 2.14. The van der Waals surface area contributed by atoms with Gasteiger partial charge in [0.2, 0.25) is 5.88 Å². The topological polar surface area (TPSA) is 59.5 Å². The molecule has 0 radical (unpaired) electrons. The van der Waals surface area contributed by atoms with Gasteiger partial charge in [0.25, 0.3) is 0 Å². The molecule has 0 spiro atoms. The van der Waals surface area contributed by atoms with Gasteiger partial charge >= 0.3 is 0 Å². The average Bonchev–Trinajstić information content (AvgIpc) is 3.27. The van der Waals surface area contributed by atoms with E-state index < -0.39 is 0 Å². The van der Waals surface area contributed by atoms with E-state index in [0.717, 1.165) is 56.0 Å². The molecule has 0 unspecified atom stereocenters. The zero-order valence-electron chi connectivity index (χ0n) is 16.4. The summed E-state index contributed by atoms with van der Waals surface area (Å²) in [5.74, 6) is 1.25. The monoisotopic (exact) mass is 387 g/mol. The fourth-order valence-electron chi connectivity index (χ4n) is 4.19. The molecule has 0 saturated carbocycles. The van der Waals surface area contributed by atoms with E-state index >= 15 is 0 Å². The lowest BCUT2D eigenvalue weighted by molar-refractivity contribution is 0.0845. The molecule has 1 N–H and O–H groups in total. The van der Waals surface area contributed by atoms with Crippen molar-refractivity contribution in [1.82, 2.24) is 10.2 Å². The van der Waals surface area contributed by atoms with Crippen LogP contribution < -0.4 is 4.74 Å². The maximum atomic E-state index is 6.07. The summed E-state index contributed by atoms with van der Waals surface area (Å²) in [5, 5.41) is 7.22. The van der Waals surface area contributed by atoms with Crippen molar-refractivity contribution in [2.24, 2.45) is 4.99 Å². The first-order valence-electron chi connectivity index (χ1n) is 10.4. The number of H-pyrrole nitrogens is 1. The highest BCUT2D eigenvalue weighted by molar-refractivity contribution is 5.83. The highest BCUT2D eigenvalue weighted by Gasteiger charge is 2.21. The van der Waals surface area contributed by atoms with Gasteiger partial charge < -0.3 is 9.47 Å². The second-order valence-electron chi connectivity index (χ2n) is 7.69. The van der Waals surface area contributed by atoms with Crippen molar-refractivity contribution in [1.29, 1.82) is 0 Å². The van der Waals surface area contributed by atoms with Gasteiger partial charge in [0.15, 0.2) is 0 Å². The fourth-order valence-corrected chi connectivity index (χ4v) is 4.19. The summed E-state index contributed by atoms with van der Waals surface area (Å²) < 4.78 is 11.5. The maximum absolute atomic E-state index is 6.07. The van der Waals surface area contributed by atoms with Crippen LogP contribution in [0.4, 0.5) is 5.69 Å². The van der Waals surface area contributed by atoms with Gasteiger partial charge in [-0.2, -0.15) is 5.10 Å². The van der Waals surface area contributed by atoms with Crippen molar-refractivity contribution in [2.75, 3.05) is 13.2 Å². The third-order valence-electron chi connectivity index (χ3n) is 5.82. The lowest BCUT2D eigenvalue weighted by Gasteiger charge is -2.21. The van der Waals surface area contributed by atoms with Crippen LogP contribution in [0.1, 0.15) is 41.9 Å². The Labute approximate surface area is 170 Å². The number of aliphatic imine (C=N–C) groups is 1. The van der Waals surface area contributed by atoms with Crippen LogP contribution in [0.15, 0.2) is 53.7 Å². The molecule has 1 aromatic heterocycles. The number of para-hydroxylation sites is 1. The van der Waals surface area contributed by atoms with Gasteiger partial charge in [0.1, 0.15) is 6.61 Å². The number of rotatable bonds is 5. The largest absolute Gasteiger partial charge is 0.473 e. The van der Waals surface area contributed by atoms with E-state index in [9.17, 15) is 0 Å². The molecule has 3 heterocycles. The number of aromatic amines is 1. The molecule has 2 aromatic carbocycles. The number of nitrogens with zero attached hydrogens (tertiary/aromatic N) is 2. The molecule has 148 valence electrons. The Morgan fingerprint density at radius 2 is 1.93 bits per heavy atom. The zero-order valence-corrected chi connectivity index (χ0v) is 16.4. The van der Waals surface area contributed by atoms with E-state index in [2.05, 4.69) is 57.7 Å². The predicted molar refractivity (Wildman–Crippen MR) is 114 cm³/mol. The molecule has 2 aliphatic heterocycles. The maximum Gasteiger partial charge on any atom is 0.212 e. The lowest BCUT2D eigenvalue weighted by atomic mass is 9.94. The van der Waals surface area contributed by atoms with E-state index in [1.807, 2.05) is 12.4 Å². The summed E-state index contributed by atoms with van der Waals surface area (Å²) >= 11 is 0. The van der Waals surface area contributed by atoms with Gasteiger partial charge in [0.05, 0.1) is 11.9 Å². The van der Waals surface area contributed by atoms with Gasteiger partial charge in [-0.15, -0.1) is 0 Å². The standard InChI is InChI=1S/C24H25N3O2/c1-3-20-4-2-12-25-23(20)21(5-1)18-8-6-17(7-9-18)16-29-24-22(15-26-27-24)19-10-13-28-14-11-19/h1,3,5-9,12,15,19H,2,4,10-11,13-14,16H2,(H,26,27). The van der Waals surface area contributed by atoms with Gasteiger partial charge in [-0.25, -0.2) is 5.10 Å². The van der Waals surface area contributed by atoms with Crippen molar-refractivity contribution in [3.8, 4) is 17.0 Å². The van der Waals surface area contributed by atoms with E-state index in [0.29, 0.717) is 12.5 Å². The van der Waals surface area contributed by atoms with Crippen molar-refractivity contribution in [3.05, 3.63) is 65.4 Å². The first kappa shape index (κ1) is 18.1. The number of aromatic nitrogens is 2. The Hall–Kier alpha value is -2.92. The number of ether oxygens (including phenoxy) is 2. The average molecular weight is 387 g/mol. The molecule has 3 aromatic rings. The van der Waals surface area contributed by atoms with Crippen LogP contribution in [0.5, 0.6) is 5.88 Å². The Bertz CT molecular complexity index is 1000. The minimum absolute atomic E-state index is 0.463. The van der Waals surface area contributed by atoms with Crippen LogP contribution in [0.3, 0.4) is 0 Å². The Morgan fingerprint density at radius 3 is 2.79 bits per heavy atom. The van der Waals surface area contributed by atoms with Gasteiger partial charge in [-0.05, 0) is 48.3 Å². The lowest BCUT2D eigenvalue weighted by Crippen LogP contribution is -2.14. The zero-order chi connectivity index (χ0) is 19.5. The van der Waals surface area contributed by atoms with Crippen molar-refractivity contribution < 1.29 is 9.47 Å². The number of benzene rings is 2. The molecule has 0 aliphatic carbocycles. The second kappa shape index (κ2) is 8.21. The van der Waals surface area contributed by atoms with E-state index in [4.69, 9.17) is 9.47 Å². The smallest absolute Gasteiger partial charge is 0.212 e. The van der Waals surface area contributed by atoms with Crippen molar-refractivity contribution >= 4 is 11.9 Å². The number of aryl methyl sites for hydroxylation is 1. The first-order valence-corrected chi connectivity index (χ1v) is 10.4. The van der Waals surface area contributed by atoms with Crippen LogP contribution in [0.2, 0.25) is 0 Å². The summed E-state index contributed by atoms with van der Waals surface area (Å²) in [4.78, 5) is 4.65. The fraction of sp³-hybridized carbons (Fsp3) is 0.333. The Balaban J connectivity index is 1.29. The van der Waals surface area contributed by atoms with Crippen LogP contribution in [-0.2, 0) is 17.8 Å². The van der Waals surface area contributed by atoms with E-state index in [1.165, 1.54) is 22.3 Å². The number of fused-ring (bicyclic) bond motifs is 1. The molecule has 0 amide bonds. The number of hydrogen-bond donors (Lipinski definition) is 1. The van der Waals surface area contributed by atoms with Crippen molar-refractivity contribution in [2.45, 2.75) is 38.2 Å². The Morgan fingerprint density at radius 1 is 1.07 bits per heavy atom. The molecular formula is C24H25N3O2. The van der Waals surface area contributed by atoms with Crippen LogP contribution in [-0.4, -0.2) is 29.6 Å².